The molecular formula is C8H10N6O. The first-order valence-corrected chi connectivity index (χ1v) is 4.37. The van der Waals surface area contributed by atoms with Crippen LogP contribution in [0.1, 0.15) is 22.1 Å². The van der Waals surface area contributed by atoms with Gasteiger partial charge < -0.3 is 5.32 Å². The second kappa shape index (κ2) is 3.52. The molecule has 2 aromatic heterocycles. The van der Waals surface area contributed by atoms with Gasteiger partial charge in [-0.25, -0.2) is 4.98 Å². The van der Waals surface area contributed by atoms with Crippen molar-refractivity contribution in [2.75, 3.05) is 5.32 Å². The SMILES string of the molecule is Cc1cc(NC(=O)c2n[nH]c(C)n2)n[nH]1. The van der Waals surface area contributed by atoms with Crippen molar-refractivity contribution in [2.24, 2.45) is 0 Å². The number of nitrogens with zero attached hydrogens (tertiary/aromatic N) is 3. The number of carbonyl (C=O) groups excluding carboxylic acids is 1. The minimum absolute atomic E-state index is 0.105. The van der Waals surface area contributed by atoms with Crippen LogP contribution in [-0.4, -0.2) is 31.3 Å². The lowest BCUT2D eigenvalue weighted by molar-refractivity contribution is 0.101. The molecule has 0 saturated carbocycles. The third-order valence-corrected chi connectivity index (χ3v) is 1.75. The Bertz CT molecular complexity index is 485. The number of H-pyrrole nitrogens is 2. The van der Waals surface area contributed by atoms with Crippen molar-refractivity contribution in [1.82, 2.24) is 25.4 Å². The molecule has 0 aromatic carbocycles. The van der Waals surface area contributed by atoms with Crippen LogP contribution in [0.5, 0.6) is 0 Å². The number of aromatic amines is 2. The maximum Gasteiger partial charge on any atom is 0.296 e. The maximum atomic E-state index is 11.5. The van der Waals surface area contributed by atoms with E-state index in [0.717, 1.165) is 5.69 Å². The van der Waals surface area contributed by atoms with Gasteiger partial charge in [-0.1, -0.05) is 0 Å². The molecule has 2 aromatic rings. The van der Waals surface area contributed by atoms with Crippen molar-refractivity contribution >= 4 is 11.7 Å². The summed E-state index contributed by atoms with van der Waals surface area (Å²) < 4.78 is 0. The second-order valence-electron chi connectivity index (χ2n) is 3.13. The highest BCUT2D eigenvalue weighted by molar-refractivity contribution is 6.00. The fraction of sp³-hybridized carbons (Fsp3) is 0.250. The number of amides is 1. The minimum Gasteiger partial charge on any atom is -0.302 e. The van der Waals surface area contributed by atoms with E-state index in [4.69, 9.17) is 0 Å². The number of aryl methyl sites for hydroxylation is 2. The van der Waals surface area contributed by atoms with Crippen LogP contribution in [0.15, 0.2) is 6.07 Å². The Morgan fingerprint density at radius 3 is 2.67 bits per heavy atom. The Morgan fingerprint density at radius 2 is 2.13 bits per heavy atom. The van der Waals surface area contributed by atoms with Crippen LogP contribution in [0.3, 0.4) is 0 Å². The van der Waals surface area contributed by atoms with E-state index in [1.807, 2.05) is 6.92 Å². The zero-order valence-corrected chi connectivity index (χ0v) is 8.33. The van der Waals surface area contributed by atoms with Crippen LogP contribution in [0.2, 0.25) is 0 Å². The third kappa shape index (κ3) is 2.01. The molecule has 0 aliphatic carbocycles. The molecule has 78 valence electrons. The summed E-state index contributed by atoms with van der Waals surface area (Å²) in [6.07, 6.45) is 0. The lowest BCUT2D eigenvalue weighted by atomic mass is 10.4. The van der Waals surface area contributed by atoms with E-state index in [2.05, 4.69) is 30.7 Å². The summed E-state index contributed by atoms with van der Waals surface area (Å²) in [6.45, 7) is 3.57. The highest BCUT2D eigenvalue weighted by Crippen LogP contribution is 2.04. The maximum absolute atomic E-state index is 11.5. The minimum atomic E-state index is -0.383. The van der Waals surface area contributed by atoms with Gasteiger partial charge in [0.05, 0.1) is 0 Å². The van der Waals surface area contributed by atoms with Gasteiger partial charge in [0.1, 0.15) is 5.82 Å². The fourth-order valence-electron chi connectivity index (χ4n) is 1.10. The van der Waals surface area contributed by atoms with E-state index in [1.54, 1.807) is 13.0 Å². The Kier molecular flexibility index (Phi) is 2.20. The summed E-state index contributed by atoms with van der Waals surface area (Å²) in [7, 11) is 0. The second-order valence-corrected chi connectivity index (χ2v) is 3.13. The van der Waals surface area contributed by atoms with E-state index in [0.29, 0.717) is 11.6 Å². The Morgan fingerprint density at radius 1 is 1.33 bits per heavy atom. The standard InChI is InChI=1S/C8H10N6O/c1-4-3-6(13-11-4)10-8(15)7-9-5(2)12-14-7/h3H,1-2H3,(H,9,12,14)(H2,10,11,13,15). The molecule has 0 aliphatic rings. The van der Waals surface area contributed by atoms with Crippen molar-refractivity contribution in [2.45, 2.75) is 13.8 Å². The van der Waals surface area contributed by atoms with E-state index in [-0.39, 0.29) is 11.7 Å². The van der Waals surface area contributed by atoms with Gasteiger partial charge in [0, 0.05) is 11.8 Å². The average Bonchev–Trinajstić information content (AvgIpc) is 2.75. The molecule has 0 saturated heterocycles. The molecule has 7 heteroatoms. The first-order valence-electron chi connectivity index (χ1n) is 4.37. The van der Waals surface area contributed by atoms with Crippen molar-refractivity contribution in [3.05, 3.63) is 23.4 Å². The summed E-state index contributed by atoms with van der Waals surface area (Å²) in [4.78, 5) is 15.4. The zero-order valence-electron chi connectivity index (χ0n) is 8.33. The van der Waals surface area contributed by atoms with E-state index in [1.165, 1.54) is 0 Å². The van der Waals surface area contributed by atoms with Gasteiger partial charge >= 0.3 is 0 Å². The largest absolute Gasteiger partial charge is 0.302 e. The molecule has 2 rings (SSSR count). The van der Waals surface area contributed by atoms with E-state index in [9.17, 15) is 4.79 Å². The van der Waals surface area contributed by atoms with Crippen LogP contribution in [0.4, 0.5) is 5.82 Å². The summed E-state index contributed by atoms with van der Waals surface area (Å²) >= 11 is 0. The van der Waals surface area contributed by atoms with Crippen LogP contribution >= 0.6 is 0 Å². The van der Waals surface area contributed by atoms with Gasteiger partial charge in [0.2, 0.25) is 5.82 Å². The number of nitrogens with one attached hydrogen (secondary N) is 3. The van der Waals surface area contributed by atoms with Crippen LogP contribution in [0, 0.1) is 13.8 Å². The lowest BCUT2D eigenvalue weighted by Gasteiger charge is -1.95. The predicted molar refractivity (Wildman–Crippen MR) is 52.4 cm³/mol. The van der Waals surface area contributed by atoms with Crippen molar-refractivity contribution in [1.29, 1.82) is 0 Å². The van der Waals surface area contributed by atoms with Crippen molar-refractivity contribution in [3.8, 4) is 0 Å². The first-order chi connectivity index (χ1) is 7.15. The molecule has 0 spiro atoms. The highest BCUT2D eigenvalue weighted by Gasteiger charge is 2.12. The van der Waals surface area contributed by atoms with Crippen LogP contribution < -0.4 is 5.32 Å². The third-order valence-electron chi connectivity index (χ3n) is 1.75. The van der Waals surface area contributed by atoms with Crippen LogP contribution in [0.25, 0.3) is 0 Å². The molecular weight excluding hydrogens is 196 g/mol. The smallest absolute Gasteiger partial charge is 0.296 e. The normalized spacial score (nSPS) is 10.3. The number of hydrogen-bond acceptors (Lipinski definition) is 4. The number of aromatic nitrogens is 5. The summed E-state index contributed by atoms with van der Waals surface area (Å²) in [5, 5.41) is 15.5. The Labute approximate surface area is 85.3 Å². The molecule has 0 unspecified atom stereocenters. The van der Waals surface area contributed by atoms with E-state index >= 15 is 0 Å². The van der Waals surface area contributed by atoms with Gasteiger partial charge in [-0.3, -0.25) is 15.0 Å². The molecule has 1 amide bonds. The molecule has 2 heterocycles. The summed E-state index contributed by atoms with van der Waals surface area (Å²) in [6, 6.07) is 1.72. The van der Waals surface area contributed by atoms with E-state index < -0.39 is 0 Å². The molecule has 0 radical (unpaired) electrons. The zero-order chi connectivity index (χ0) is 10.8. The van der Waals surface area contributed by atoms with Crippen LogP contribution in [-0.2, 0) is 0 Å². The van der Waals surface area contributed by atoms with Gasteiger partial charge in [0.25, 0.3) is 5.91 Å². The summed E-state index contributed by atoms with van der Waals surface area (Å²) in [5.74, 6) is 0.775. The van der Waals surface area contributed by atoms with Gasteiger partial charge in [-0.2, -0.15) is 5.10 Å². The van der Waals surface area contributed by atoms with Crippen molar-refractivity contribution < 1.29 is 4.79 Å². The number of anilines is 1. The van der Waals surface area contributed by atoms with Gasteiger partial charge in [-0.05, 0) is 13.8 Å². The van der Waals surface area contributed by atoms with Crippen molar-refractivity contribution in [3.63, 3.8) is 0 Å². The Balaban J connectivity index is 2.10. The fourth-order valence-corrected chi connectivity index (χ4v) is 1.10. The quantitative estimate of drug-likeness (QED) is 0.662. The molecule has 0 bridgehead atoms. The van der Waals surface area contributed by atoms with Gasteiger partial charge in [-0.15, -0.1) is 5.10 Å². The molecule has 0 atom stereocenters. The summed E-state index contributed by atoms with van der Waals surface area (Å²) in [5.41, 5.74) is 0.872. The highest BCUT2D eigenvalue weighted by atomic mass is 16.2. The number of rotatable bonds is 2. The predicted octanol–water partition coefficient (Wildman–Crippen LogP) is 0.397. The number of carbonyl (C=O) groups is 1. The first kappa shape index (κ1) is 9.38. The molecule has 3 N–H and O–H groups in total. The number of hydrogen-bond donors (Lipinski definition) is 3. The topological polar surface area (TPSA) is 99.3 Å². The Hall–Kier alpha value is -2.18. The molecule has 7 nitrogen and oxygen atoms in total. The molecule has 0 fully saturated rings. The molecule has 15 heavy (non-hydrogen) atoms. The van der Waals surface area contributed by atoms with Gasteiger partial charge in [0.15, 0.2) is 5.82 Å². The molecule has 0 aliphatic heterocycles. The lowest BCUT2D eigenvalue weighted by Crippen LogP contribution is -2.14. The monoisotopic (exact) mass is 206 g/mol. The average molecular weight is 206 g/mol.